The monoisotopic (exact) mass is 449 g/mol. The normalized spacial score (nSPS) is 19.0. The van der Waals surface area contributed by atoms with Crippen LogP contribution in [0.3, 0.4) is 0 Å². The summed E-state index contributed by atoms with van der Waals surface area (Å²) in [5.41, 5.74) is 2.79. The summed E-state index contributed by atoms with van der Waals surface area (Å²) in [6.07, 6.45) is 3.08. The highest BCUT2D eigenvalue weighted by Crippen LogP contribution is 2.29. The third kappa shape index (κ3) is 5.19. The van der Waals surface area contributed by atoms with Crippen LogP contribution in [0.25, 0.3) is 0 Å². The van der Waals surface area contributed by atoms with Gasteiger partial charge in [0.05, 0.1) is 22.7 Å². The Kier molecular flexibility index (Phi) is 7.47. The molecular formula is C22H28ClN3O3S. The highest BCUT2D eigenvalue weighted by Gasteiger charge is 2.31. The molecule has 30 heavy (non-hydrogen) atoms. The Morgan fingerprint density at radius 1 is 1.27 bits per heavy atom. The number of carbonyl (C=O) groups excluding carboxylic acids is 2. The van der Waals surface area contributed by atoms with Gasteiger partial charge in [0.15, 0.2) is 0 Å². The first-order valence-electron chi connectivity index (χ1n) is 10.2. The average Bonchev–Trinajstić information content (AvgIpc) is 3.01. The van der Waals surface area contributed by atoms with Crippen LogP contribution in [0.1, 0.15) is 60.5 Å². The number of hydrogen-bond acceptors (Lipinski definition) is 5. The van der Waals surface area contributed by atoms with Gasteiger partial charge in [0.1, 0.15) is 5.76 Å². The van der Waals surface area contributed by atoms with Crippen molar-refractivity contribution in [1.82, 2.24) is 10.1 Å². The van der Waals surface area contributed by atoms with Gasteiger partial charge in [-0.3, -0.25) is 9.59 Å². The van der Waals surface area contributed by atoms with Crippen molar-refractivity contribution in [2.75, 3.05) is 11.1 Å². The van der Waals surface area contributed by atoms with Crippen LogP contribution in [-0.4, -0.2) is 39.7 Å². The van der Waals surface area contributed by atoms with Crippen LogP contribution in [0, 0.1) is 13.8 Å². The summed E-state index contributed by atoms with van der Waals surface area (Å²) < 4.78 is 5.16. The summed E-state index contributed by atoms with van der Waals surface area (Å²) in [6.45, 7) is 7.90. The van der Waals surface area contributed by atoms with E-state index in [4.69, 9.17) is 16.1 Å². The quantitative estimate of drug-likeness (QED) is 0.654. The van der Waals surface area contributed by atoms with E-state index >= 15 is 0 Å². The van der Waals surface area contributed by atoms with Crippen LogP contribution in [0.4, 0.5) is 5.69 Å². The van der Waals surface area contributed by atoms with Crippen molar-refractivity contribution in [2.45, 2.75) is 64.8 Å². The summed E-state index contributed by atoms with van der Waals surface area (Å²) in [7, 11) is 0. The molecule has 0 spiro atoms. The number of rotatable bonds is 6. The molecule has 2 heterocycles. The first-order valence-corrected chi connectivity index (χ1v) is 11.7. The molecule has 2 amide bonds. The van der Waals surface area contributed by atoms with Crippen LogP contribution in [0.15, 0.2) is 22.7 Å². The first kappa shape index (κ1) is 22.7. The van der Waals surface area contributed by atoms with Gasteiger partial charge in [0.25, 0.3) is 5.91 Å². The Balaban J connectivity index is 1.68. The number of carbonyl (C=O) groups is 2. The van der Waals surface area contributed by atoms with Crippen molar-refractivity contribution < 1.29 is 14.1 Å². The number of piperidine rings is 1. The number of aryl methyl sites for hydroxylation is 2. The lowest BCUT2D eigenvalue weighted by Crippen LogP contribution is -2.47. The first-order chi connectivity index (χ1) is 14.3. The second-order valence-electron chi connectivity index (χ2n) is 7.87. The largest absolute Gasteiger partial charge is 0.361 e. The van der Waals surface area contributed by atoms with Gasteiger partial charge in [-0.1, -0.05) is 16.8 Å². The molecule has 1 saturated heterocycles. The van der Waals surface area contributed by atoms with Crippen LogP contribution in [-0.2, 0) is 10.5 Å². The van der Waals surface area contributed by atoms with E-state index in [0.29, 0.717) is 22.0 Å². The number of hydrogen-bond donors (Lipinski definition) is 1. The predicted octanol–water partition coefficient (Wildman–Crippen LogP) is 5.22. The maximum absolute atomic E-state index is 13.3. The number of aromatic nitrogens is 1. The molecule has 8 heteroatoms. The second kappa shape index (κ2) is 9.88. The van der Waals surface area contributed by atoms with Crippen LogP contribution in [0.2, 0.25) is 5.02 Å². The molecule has 3 rings (SSSR count). The number of nitrogens with zero attached hydrogens (tertiary/aromatic N) is 2. The van der Waals surface area contributed by atoms with Gasteiger partial charge in [-0.05, 0) is 65.2 Å². The average molecular weight is 450 g/mol. The van der Waals surface area contributed by atoms with Crippen LogP contribution in [0.5, 0.6) is 0 Å². The lowest BCUT2D eigenvalue weighted by Gasteiger charge is -2.39. The third-order valence-electron chi connectivity index (χ3n) is 5.57. The van der Waals surface area contributed by atoms with Gasteiger partial charge in [0.2, 0.25) is 5.91 Å². The third-order valence-corrected chi connectivity index (χ3v) is 6.77. The fourth-order valence-electron chi connectivity index (χ4n) is 3.90. The minimum Gasteiger partial charge on any atom is -0.361 e. The zero-order valence-electron chi connectivity index (χ0n) is 17.8. The molecule has 1 fully saturated rings. The molecule has 2 atom stereocenters. The van der Waals surface area contributed by atoms with Crippen molar-refractivity contribution in [3.05, 3.63) is 45.8 Å². The molecule has 1 N–H and O–H groups in total. The molecule has 2 unspecified atom stereocenters. The minimum atomic E-state index is -0.164. The second-order valence-corrected chi connectivity index (χ2v) is 9.30. The summed E-state index contributed by atoms with van der Waals surface area (Å²) >= 11 is 7.66. The Morgan fingerprint density at radius 3 is 2.60 bits per heavy atom. The molecule has 1 aliphatic heterocycles. The molecule has 0 aliphatic carbocycles. The van der Waals surface area contributed by atoms with Gasteiger partial charge < -0.3 is 14.7 Å². The van der Waals surface area contributed by atoms with E-state index in [0.717, 1.165) is 36.3 Å². The molecule has 1 aromatic carbocycles. The number of anilines is 1. The molecule has 1 aliphatic rings. The van der Waals surface area contributed by atoms with E-state index in [1.165, 1.54) is 11.8 Å². The van der Waals surface area contributed by atoms with Crippen molar-refractivity contribution in [1.29, 1.82) is 0 Å². The van der Waals surface area contributed by atoms with Gasteiger partial charge in [-0.2, -0.15) is 0 Å². The zero-order chi connectivity index (χ0) is 21.8. The van der Waals surface area contributed by atoms with Crippen molar-refractivity contribution in [3.8, 4) is 0 Å². The Bertz CT molecular complexity index is 901. The number of likely N-dealkylation sites (tertiary alicyclic amines) is 1. The van der Waals surface area contributed by atoms with E-state index < -0.39 is 0 Å². The van der Waals surface area contributed by atoms with Gasteiger partial charge >= 0.3 is 0 Å². The van der Waals surface area contributed by atoms with Gasteiger partial charge in [-0.15, -0.1) is 11.8 Å². The van der Waals surface area contributed by atoms with Crippen molar-refractivity contribution in [2.24, 2.45) is 0 Å². The smallest absolute Gasteiger partial charge is 0.256 e. The molecule has 6 nitrogen and oxygen atoms in total. The summed E-state index contributed by atoms with van der Waals surface area (Å²) in [4.78, 5) is 27.8. The van der Waals surface area contributed by atoms with Crippen molar-refractivity contribution in [3.63, 3.8) is 0 Å². The number of amides is 2. The molecular weight excluding hydrogens is 422 g/mol. The van der Waals surface area contributed by atoms with Crippen LogP contribution >= 0.6 is 23.4 Å². The molecule has 1 aromatic heterocycles. The number of nitrogens with one attached hydrogen (secondary N) is 1. The Morgan fingerprint density at radius 2 is 1.97 bits per heavy atom. The fourth-order valence-corrected chi connectivity index (χ4v) is 5.05. The molecule has 162 valence electrons. The highest BCUT2D eigenvalue weighted by molar-refractivity contribution is 7.99. The Hall–Kier alpha value is -1.99. The summed E-state index contributed by atoms with van der Waals surface area (Å²) in [5, 5.41) is 7.30. The molecule has 0 saturated carbocycles. The Labute approximate surface area is 186 Å². The van der Waals surface area contributed by atoms with E-state index in [9.17, 15) is 9.59 Å². The van der Waals surface area contributed by atoms with Crippen LogP contribution < -0.4 is 5.32 Å². The molecule has 0 bridgehead atoms. The lowest BCUT2D eigenvalue weighted by atomic mass is 9.96. The topological polar surface area (TPSA) is 75.4 Å². The highest BCUT2D eigenvalue weighted by atomic mass is 35.5. The number of thioether (sulfide) groups is 1. The standard InChI is InChI=1S/C22H28ClN3O3S/c1-13-6-5-7-14(2)26(13)22(28)18-10-17(23)8-9-20(18)24-21(27)12-30-11-19-15(3)25-29-16(19)4/h8-10,13-14H,5-7,11-12H2,1-4H3,(H,24,27). The fraction of sp³-hybridized carbons (Fsp3) is 0.500. The molecule has 0 radical (unpaired) electrons. The maximum Gasteiger partial charge on any atom is 0.256 e. The maximum atomic E-state index is 13.3. The van der Waals surface area contributed by atoms with E-state index in [1.807, 2.05) is 18.7 Å². The predicted molar refractivity (Wildman–Crippen MR) is 121 cm³/mol. The van der Waals surface area contributed by atoms with E-state index in [1.54, 1.807) is 18.2 Å². The van der Waals surface area contributed by atoms with Crippen molar-refractivity contribution >= 4 is 40.9 Å². The van der Waals surface area contributed by atoms with E-state index in [2.05, 4.69) is 24.3 Å². The van der Waals surface area contributed by atoms with Gasteiger partial charge in [0, 0.05) is 28.4 Å². The SMILES string of the molecule is Cc1noc(C)c1CSCC(=O)Nc1ccc(Cl)cc1C(=O)N1C(C)CCCC1C. The number of halogens is 1. The van der Waals surface area contributed by atoms with E-state index in [-0.39, 0.29) is 29.7 Å². The number of benzene rings is 1. The minimum absolute atomic E-state index is 0.0872. The summed E-state index contributed by atoms with van der Waals surface area (Å²) in [6, 6.07) is 5.35. The lowest BCUT2D eigenvalue weighted by molar-refractivity contribution is -0.113. The summed E-state index contributed by atoms with van der Waals surface area (Å²) in [5.74, 6) is 1.43. The molecule has 2 aromatic rings. The zero-order valence-corrected chi connectivity index (χ0v) is 19.4. The van der Waals surface area contributed by atoms with Gasteiger partial charge in [-0.25, -0.2) is 0 Å².